The molecule has 2 aliphatic heterocycles. The molecule has 0 bridgehead atoms. The van der Waals surface area contributed by atoms with Crippen molar-refractivity contribution in [3.05, 3.63) is 64.2 Å². The van der Waals surface area contributed by atoms with Crippen LogP contribution in [0.4, 0.5) is 27.6 Å². The van der Waals surface area contributed by atoms with Crippen LogP contribution >= 0.6 is 0 Å². The topological polar surface area (TPSA) is 23.6 Å². The number of carbonyl (C=O) groups excluding carboxylic acids is 1. The molecular weight excluding hydrogens is 451 g/mol. The first-order valence-electron chi connectivity index (χ1n) is 11.7. The normalized spacial score (nSPS) is 20.6. The van der Waals surface area contributed by atoms with Crippen LogP contribution in [0.1, 0.15) is 65.7 Å². The molecule has 2 aromatic carbocycles. The largest absolute Gasteiger partial charge is 0.416 e. The van der Waals surface area contributed by atoms with Gasteiger partial charge in [-0.2, -0.15) is 13.2 Å². The van der Waals surface area contributed by atoms with Crippen molar-refractivity contribution in [1.29, 1.82) is 0 Å². The van der Waals surface area contributed by atoms with Crippen LogP contribution in [-0.2, 0) is 25.7 Å². The zero-order chi connectivity index (χ0) is 24.7. The van der Waals surface area contributed by atoms with Crippen LogP contribution in [0.5, 0.6) is 0 Å². The number of benzene rings is 2. The Kier molecular flexibility index (Phi) is 6.73. The van der Waals surface area contributed by atoms with E-state index in [2.05, 4.69) is 6.92 Å². The lowest BCUT2D eigenvalue weighted by molar-refractivity contribution is -0.138. The minimum Gasteiger partial charge on any atom is -0.304 e. The van der Waals surface area contributed by atoms with Gasteiger partial charge < -0.3 is 4.90 Å². The van der Waals surface area contributed by atoms with Gasteiger partial charge in [0.25, 0.3) is 11.8 Å². The van der Waals surface area contributed by atoms with Crippen molar-refractivity contribution in [2.45, 2.75) is 64.7 Å². The van der Waals surface area contributed by atoms with E-state index in [1.54, 1.807) is 11.0 Å². The quantitative estimate of drug-likeness (QED) is 0.431. The van der Waals surface area contributed by atoms with Gasteiger partial charge in [0.1, 0.15) is 0 Å². The zero-order valence-corrected chi connectivity index (χ0v) is 19.4. The van der Waals surface area contributed by atoms with E-state index in [0.29, 0.717) is 11.3 Å². The lowest BCUT2D eigenvalue weighted by Crippen LogP contribution is -2.45. The molecule has 2 aromatic rings. The van der Waals surface area contributed by atoms with Crippen LogP contribution < -0.4 is 4.90 Å². The average Bonchev–Trinajstić information content (AvgIpc) is 3.10. The number of fused-ring (bicyclic) bond motifs is 1. The summed E-state index contributed by atoms with van der Waals surface area (Å²) in [4.78, 5) is 16.4. The van der Waals surface area contributed by atoms with Crippen molar-refractivity contribution in [2.24, 2.45) is 5.92 Å². The number of aryl methyl sites for hydroxylation is 1. The molecule has 1 amide bonds. The van der Waals surface area contributed by atoms with Gasteiger partial charge in [0.2, 0.25) is 0 Å². The Balaban J connectivity index is 1.63. The van der Waals surface area contributed by atoms with E-state index in [1.807, 2.05) is 18.2 Å². The summed E-state index contributed by atoms with van der Waals surface area (Å²) in [5.41, 5.74) is 1.12. The second-order valence-electron chi connectivity index (χ2n) is 9.48. The first kappa shape index (κ1) is 24.6. The third-order valence-corrected chi connectivity index (χ3v) is 6.87. The number of alkyl halides is 5. The van der Waals surface area contributed by atoms with Gasteiger partial charge in [0, 0.05) is 43.2 Å². The Bertz CT molecular complexity index is 1070. The molecule has 0 aliphatic carbocycles. The fourth-order valence-electron chi connectivity index (χ4n) is 4.85. The summed E-state index contributed by atoms with van der Waals surface area (Å²) in [6.07, 6.45) is -2.11. The third-order valence-electron chi connectivity index (χ3n) is 6.87. The van der Waals surface area contributed by atoms with Crippen LogP contribution in [0.3, 0.4) is 0 Å². The second kappa shape index (κ2) is 9.29. The van der Waals surface area contributed by atoms with E-state index in [4.69, 9.17) is 0 Å². The molecule has 1 saturated heterocycles. The molecule has 1 atom stereocenters. The molecule has 184 valence electrons. The van der Waals surface area contributed by atoms with Crippen LogP contribution in [-0.4, -0.2) is 29.8 Å². The van der Waals surface area contributed by atoms with Crippen molar-refractivity contribution < 1.29 is 26.7 Å². The predicted octanol–water partition coefficient (Wildman–Crippen LogP) is 6.69. The smallest absolute Gasteiger partial charge is 0.304 e. The number of hydrogen-bond donors (Lipinski definition) is 0. The number of likely N-dealkylation sites (tertiary alicyclic amines) is 1. The lowest BCUT2D eigenvalue weighted by Gasteiger charge is -2.36. The molecule has 3 nitrogen and oxygen atoms in total. The molecular formula is C26H29F5N2O. The molecule has 0 saturated carbocycles. The molecule has 0 aromatic heterocycles. The second-order valence-corrected chi connectivity index (χ2v) is 9.48. The zero-order valence-electron chi connectivity index (χ0n) is 19.4. The number of rotatable bonds is 6. The Morgan fingerprint density at radius 2 is 1.88 bits per heavy atom. The monoisotopic (exact) mass is 480 g/mol. The highest BCUT2D eigenvalue weighted by Gasteiger charge is 2.42. The standard InChI is InChI=1S/C26H29F5N2O/c1-3-4-6-18-7-5-8-20(11-18)33-16-22-21(24(33)34)12-19(13-23(22)26(29,30)31)15-32-10-9-25(27,28)17(2)14-32/h5,7-8,11-13,17H,3-4,6,9-10,14-16H2,1-2H3. The van der Waals surface area contributed by atoms with Crippen molar-refractivity contribution in [3.63, 3.8) is 0 Å². The highest BCUT2D eigenvalue weighted by atomic mass is 19.4. The van der Waals surface area contributed by atoms with E-state index in [9.17, 15) is 26.7 Å². The Morgan fingerprint density at radius 3 is 2.56 bits per heavy atom. The Labute approximate surface area is 196 Å². The van der Waals surface area contributed by atoms with Gasteiger partial charge in [-0.15, -0.1) is 0 Å². The molecule has 2 aliphatic rings. The molecule has 0 N–H and O–H groups in total. The van der Waals surface area contributed by atoms with Gasteiger partial charge in [-0.1, -0.05) is 32.4 Å². The van der Waals surface area contributed by atoms with Crippen LogP contribution in [0.25, 0.3) is 0 Å². The molecule has 1 unspecified atom stereocenters. The number of unbranched alkanes of at least 4 members (excludes halogenated alkanes) is 1. The summed E-state index contributed by atoms with van der Waals surface area (Å²) in [6.45, 7) is 3.67. The molecule has 0 radical (unpaired) electrons. The van der Waals surface area contributed by atoms with Gasteiger partial charge in [0.15, 0.2) is 0 Å². The van der Waals surface area contributed by atoms with Gasteiger partial charge in [-0.05, 0) is 53.8 Å². The fourth-order valence-corrected chi connectivity index (χ4v) is 4.85. The third kappa shape index (κ3) is 4.97. The molecule has 1 fully saturated rings. The maximum atomic E-state index is 14.0. The summed E-state index contributed by atoms with van der Waals surface area (Å²) in [6, 6.07) is 9.96. The minimum absolute atomic E-state index is 0.0289. The average molecular weight is 481 g/mol. The number of anilines is 1. The van der Waals surface area contributed by atoms with Crippen LogP contribution in [0.2, 0.25) is 0 Å². The molecule has 2 heterocycles. The Morgan fingerprint density at radius 1 is 1.12 bits per heavy atom. The number of piperidine rings is 1. The number of hydrogen-bond acceptors (Lipinski definition) is 2. The van der Waals surface area contributed by atoms with Crippen LogP contribution in [0, 0.1) is 5.92 Å². The van der Waals surface area contributed by atoms with E-state index >= 15 is 0 Å². The molecule has 8 heteroatoms. The summed E-state index contributed by atoms with van der Waals surface area (Å²) in [5, 5.41) is 0. The maximum Gasteiger partial charge on any atom is 0.416 e. The van der Waals surface area contributed by atoms with E-state index in [-0.39, 0.29) is 43.7 Å². The highest BCUT2D eigenvalue weighted by molar-refractivity contribution is 6.10. The summed E-state index contributed by atoms with van der Waals surface area (Å²) in [7, 11) is 0. The number of nitrogens with zero attached hydrogens (tertiary/aromatic N) is 2. The van der Waals surface area contributed by atoms with Gasteiger partial charge in [-0.25, -0.2) is 8.78 Å². The number of amides is 1. The first-order valence-corrected chi connectivity index (χ1v) is 11.7. The van der Waals surface area contributed by atoms with Crippen LogP contribution in [0.15, 0.2) is 36.4 Å². The van der Waals surface area contributed by atoms with E-state index < -0.39 is 29.5 Å². The van der Waals surface area contributed by atoms with Gasteiger partial charge >= 0.3 is 6.18 Å². The molecule has 0 spiro atoms. The van der Waals surface area contributed by atoms with Crippen molar-refractivity contribution >= 4 is 11.6 Å². The highest BCUT2D eigenvalue weighted by Crippen LogP contribution is 2.40. The summed E-state index contributed by atoms with van der Waals surface area (Å²) in [5.74, 6) is -4.11. The first-order chi connectivity index (χ1) is 16.0. The number of halogens is 5. The van der Waals surface area contributed by atoms with Gasteiger partial charge in [-0.3, -0.25) is 9.69 Å². The van der Waals surface area contributed by atoms with Crippen molar-refractivity contribution in [2.75, 3.05) is 18.0 Å². The van der Waals surface area contributed by atoms with Crippen molar-refractivity contribution in [3.8, 4) is 0 Å². The molecule has 34 heavy (non-hydrogen) atoms. The SMILES string of the molecule is CCCCc1cccc(N2Cc3c(cc(CN4CCC(F)(F)C(C)C4)cc3C(F)(F)F)C2=O)c1. The Hall–Kier alpha value is -2.48. The minimum atomic E-state index is -4.62. The van der Waals surface area contributed by atoms with Crippen molar-refractivity contribution in [1.82, 2.24) is 4.90 Å². The lowest BCUT2D eigenvalue weighted by atomic mass is 9.94. The van der Waals surface area contributed by atoms with Gasteiger partial charge in [0.05, 0.1) is 12.1 Å². The number of carbonyl (C=O) groups is 1. The fraction of sp³-hybridized carbons (Fsp3) is 0.500. The van der Waals surface area contributed by atoms with E-state index in [0.717, 1.165) is 30.9 Å². The maximum absolute atomic E-state index is 14.0. The van der Waals surface area contributed by atoms with E-state index in [1.165, 1.54) is 17.9 Å². The summed E-state index contributed by atoms with van der Waals surface area (Å²) >= 11 is 0. The molecule has 4 rings (SSSR count). The summed E-state index contributed by atoms with van der Waals surface area (Å²) < 4.78 is 69.6. The predicted molar refractivity (Wildman–Crippen MR) is 121 cm³/mol.